The van der Waals surface area contributed by atoms with E-state index in [1.54, 1.807) is 16.4 Å². The Morgan fingerprint density at radius 1 is 1.14 bits per heavy atom. The van der Waals surface area contributed by atoms with Crippen molar-refractivity contribution >= 4 is 17.2 Å². The fourth-order valence-electron chi connectivity index (χ4n) is 2.75. The van der Waals surface area contributed by atoms with Gasteiger partial charge in [0, 0.05) is 17.5 Å². The maximum absolute atomic E-state index is 12.4. The van der Waals surface area contributed by atoms with Crippen LogP contribution in [0, 0.1) is 0 Å². The van der Waals surface area contributed by atoms with Gasteiger partial charge < -0.3 is 10.1 Å². The molecule has 0 aliphatic carbocycles. The van der Waals surface area contributed by atoms with Gasteiger partial charge in [0.25, 0.3) is 5.91 Å². The van der Waals surface area contributed by atoms with Crippen molar-refractivity contribution in [2.24, 2.45) is 0 Å². The van der Waals surface area contributed by atoms with Crippen LogP contribution in [-0.2, 0) is 6.54 Å². The molecule has 0 fully saturated rings. The highest BCUT2D eigenvalue weighted by molar-refractivity contribution is 7.13. The monoisotopic (exact) mass is 405 g/mol. The van der Waals surface area contributed by atoms with E-state index in [9.17, 15) is 4.79 Å². The lowest BCUT2D eigenvalue weighted by Gasteiger charge is -2.05. The first-order chi connectivity index (χ1) is 14.2. The Hall–Kier alpha value is -3.52. The van der Waals surface area contributed by atoms with Crippen LogP contribution in [0.15, 0.2) is 66.6 Å². The van der Waals surface area contributed by atoms with Crippen molar-refractivity contribution in [1.29, 1.82) is 0 Å². The van der Waals surface area contributed by atoms with E-state index < -0.39 is 0 Å². The van der Waals surface area contributed by atoms with Crippen molar-refractivity contribution in [2.45, 2.75) is 13.5 Å². The quantitative estimate of drug-likeness (QED) is 0.507. The highest BCUT2D eigenvalue weighted by Gasteiger charge is 2.12. The Bertz CT molecular complexity index is 1070. The highest BCUT2D eigenvalue weighted by Crippen LogP contribution is 2.25. The molecule has 0 bridgehead atoms. The van der Waals surface area contributed by atoms with Crippen molar-refractivity contribution < 1.29 is 9.53 Å². The number of hydrogen-bond acceptors (Lipinski definition) is 6. The molecular formula is C21H19N5O2S. The molecule has 8 heteroatoms. The zero-order valence-electron chi connectivity index (χ0n) is 15.8. The van der Waals surface area contributed by atoms with Gasteiger partial charge in [-0.1, -0.05) is 12.1 Å². The average Bonchev–Trinajstić information content (AvgIpc) is 3.46. The predicted octanol–water partition coefficient (Wildman–Crippen LogP) is 3.72. The van der Waals surface area contributed by atoms with Gasteiger partial charge in [0.15, 0.2) is 0 Å². The molecule has 0 aliphatic heterocycles. The Morgan fingerprint density at radius 2 is 1.93 bits per heavy atom. The maximum atomic E-state index is 12.4. The van der Waals surface area contributed by atoms with E-state index >= 15 is 0 Å². The van der Waals surface area contributed by atoms with E-state index in [1.807, 2.05) is 55.5 Å². The molecule has 1 amide bonds. The number of nitrogens with zero attached hydrogens (tertiary/aromatic N) is 4. The summed E-state index contributed by atoms with van der Waals surface area (Å²) < 4.78 is 7.13. The van der Waals surface area contributed by atoms with Crippen LogP contribution in [0.5, 0.6) is 5.75 Å². The van der Waals surface area contributed by atoms with E-state index in [0.717, 1.165) is 27.6 Å². The van der Waals surface area contributed by atoms with E-state index in [1.165, 1.54) is 17.7 Å². The van der Waals surface area contributed by atoms with Crippen LogP contribution in [0.4, 0.5) is 0 Å². The van der Waals surface area contributed by atoms with Crippen LogP contribution >= 0.6 is 11.3 Å². The third kappa shape index (κ3) is 4.49. The minimum atomic E-state index is -0.196. The van der Waals surface area contributed by atoms with Gasteiger partial charge in [-0.15, -0.1) is 11.3 Å². The van der Waals surface area contributed by atoms with Crippen LogP contribution in [0.25, 0.3) is 16.3 Å². The largest absolute Gasteiger partial charge is 0.494 e. The molecule has 0 unspecified atom stereocenters. The van der Waals surface area contributed by atoms with Crippen LogP contribution in [0.1, 0.15) is 23.0 Å². The molecule has 4 rings (SSSR count). The lowest BCUT2D eigenvalue weighted by atomic mass is 10.2. The first-order valence-corrected chi connectivity index (χ1v) is 10.0. The molecule has 2 heterocycles. The van der Waals surface area contributed by atoms with Gasteiger partial charge in [-0.3, -0.25) is 4.79 Å². The number of ether oxygens (including phenoxy) is 1. The maximum Gasteiger partial charge on any atom is 0.271 e. The normalized spacial score (nSPS) is 10.7. The summed E-state index contributed by atoms with van der Waals surface area (Å²) in [7, 11) is 0. The molecule has 2 aromatic heterocycles. The topological polar surface area (TPSA) is 81.9 Å². The number of aromatic nitrogens is 4. The predicted molar refractivity (Wildman–Crippen MR) is 111 cm³/mol. The minimum Gasteiger partial charge on any atom is -0.494 e. The molecule has 0 spiro atoms. The Morgan fingerprint density at radius 3 is 2.62 bits per heavy atom. The number of nitrogens with one attached hydrogen (secondary N) is 1. The van der Waals surface area contributed by atoms with Gasteiger partial charge in [-0.25, -0.2) is 14.6 Å². The summed E-state index contributed by atoms with van der Waals surface area (Å²) in [4.78, 5) is 20.8. The summed E-state index contributed by atoms with van der Waals surface area (Å²) in [6.45, 7) is 3.00. The Labute approximate surface area is 172 Å². The number of benzene rings is 2. The molecular weight excluding hydrogens is 386 g/mol. The fourth-order valence-corrected chi connectivity index (χ4v) is 3.56. The molecule has 2 aromatic carbocycles. The lowest BCUT2D eigenvalue weighted by Crippen LogP contribution is -2.23. The summed E-state index contributed by atoms with van der Waals surface area (Å²) in [5.74, 6) is 0.624. The minimum absolute atomic E-state index is 0.196. The highest BCUT2D eigenvalue weighted by atomic mass is 32.1. The third-order valence-corrected chi connectivity index (χ3v) is 5.11. The van der Waals surface area contributed by atoms with E-state index in [2.05, 4.69) is 20.4 Å². The van der Waals surface area contributed by atoms with Gasteiger partial charge in [0.1, 0.15) is 29.1 Å². The smallest absolute Gasteiger partial charge is 0.271 e. The summed E-state index contributed by atoms with van der Waals surface area (Å²) in [6, 6.07) is 15.5. The number of carbonyl (C=O) groups is 1. The molecule has 29 heavy (non-hydrogen) atoms. The molecule has 0 atom stereocenters. The summed E-state index contributed by atoms with van der Waals surface area (Å²) >= 11 is 1.44. The number of amides is 1. The van der Waals surface area contributed by atoms with E-state index in [-0.39, 0.29) is 5.91 Å². The molecule has 0 saturated carbocycles. The third-order valence-electron chi connectivity index (χ3n) is 4.22. The second kappa shape index (κ2) is 8.66. The van der Waals surface area contributed by atoms with Crippen LogP contribution in [0.3, 0.4) is 0 Å². The second-order valence-corrected chi connectivity index (χ2v) is 7.04. The second-order valence-electron chi connectivity index (χ2n) is 6.18. The van der Waals surface area contributed by atoms with Crippen molar-refractivity contribution in [3.63, 3.8) is 0 Å². The lowest BCUT2D eigenvalue weighted by molar-refractivity contribution is 0.0946. The van der Waals surface area contributed by atoms with Crippen molar-refractivity contribution in [3.05, 3.63) is 77.8 Å². The first kappa shape index (κ1) is 18.8. The number of carbonyl (C=O) groups excluding carboxylic acids is 1. The Kier molecular flexibility index (Phi) is 5.62. The van der Waals surface area contributed by atoms with E-state index in [4.69, 9.17) is 4.74 Å². The molecule has 0 aliphatic rings. The van der Waals surface area contributed by atoms with Gasteiger partial charge in [0.2, 0.25) is 0 Å². The zero-order chi connectivity index (χ0) is 20.1. The number of hydrogen-bond donors (Lipinski definition) is 1. The van der Waals surface area contributed by atoms with Crippen LogP contribution in [0.2, 0.25) is 0 Å². The first-order valence-electron chi connectivity index (χ1n) is 9.14. The SMILES string of the molecule is CCOc1ccc(-c2nc(C(=O)NCc3ccc(-n4cncn4)cc3)cs2)cc1. The number of thiazole rings is 1. The van der Waals surface area contributed by atoms with E-state index in [0.29, 0.717) is 18.8 Å². The Balaban J connectivity index is 1.36. The molecule has 1 N–H and O–H groups in total. The standard InChI is InChI=1S/C21H19N5O2S/c1-2-28-18-9-5-16(6-10-18)21-25-19(12-29-21)20(27)23-11-15-3-7-17(8-4-15)26-14-22-13-24-26/h3-10,12-14H,2,11H2,1H3,(H,23,27). The zero-order valence-corrected chi connectivity index (χ0v) is 16.6. The molecule has 7 nitrogen and oxygen atoms in total. The summed E-state index contributed by atoms with van der Waals surface area (Å²) in [5.41, 5.74) is 3.28. The van der Waals surface area contributed by atoms with Gasteiger partial charge in [0.05, 0.1) is 12.3 Å². The van der Waals surface area contributed by atoms with Gasteiger partial charge >= 0.3 is 0 Å². The van der Waals surface area contributed by atoms with Crippen molar-refractivity contribution in [2.75, 3.05) is 6.61 Å². The van der Waals surface area contributed by atoms with Gasteiger partial charge in [-0.2, -0.15) is 5.10 Å². The molecule has 0 saturated heterocycles. The van der Waals surface area contributed by atoms with Crippen molar-refractivity contribution in [3.8, 4) is 22.0 Å². The van der Waals surface area contributed by atoms with Crippen molar-refractivity contribution in [1.82, 2.24) is 25.1 Å². The van der Waals surface area contributed by atoms with Crippen LogP contribution in [-0.4, -0.2) is 32.3 Å². The molecule has 0 radical (unpaired) electrons. The summed E-state index contributed by atoms with van der Waals surface area (Å²) in [5, 5.41) is 9.58. The molecule has 146 valence electrons. The fraction of sp³-hybridized carbons (Fsp3) is 0.143. The average molecular weight is 405 g/mol. The van der Waals surface area contributed by atoms with Crippen LogP contribution < -0.4 is 10.1 Å². The molecule has 4 aromatic rings. The summed E-state index contributed by atoms with van der Waals surface area (Å²) in [6.07, 6.45) is 3.13. The number of rotatable bonds is 7. The van der Waals surface area contributed by atoms with Gasteiger partial charge in [-0.05, 0) is 48.9 Å².